The van der Waals surface area contributed by atoms with E-state index in [1.54, 1.807) is 27.8 Å². The zero-order chi connectivity index (χ0) is 30.6. The monoisotopic (exact) mass is 547 g/mol. The van der Waals surface area contributed by atoms with Gasteiger partial charge in [0.25, 0.3) is 0 Å². The van der Waals surface area contributed by atoms with Gasteiger partial charge in [-0.25, -0.2) is 0 Å². The molecule has 0 heterocycles. The van der Waals surface area contributed by atoms with Crippen molar-refractivity contribution < 1.29 is 14.7 Å². The van der Waals surface area contributed by atoms with E-state index in [-0.39, 0.29) is 18.3 Å². The number of aryl methyl sites for hydroxylation is 1. The van der Waals surface area contributed by atoms with Gasteiger partial charge in [-0.2, -0.15) is 0 Å². The molecule has 0 aromatic heterocycles. The highest BCUT2D eigenvalue weighted by Gasteiger charge is 2.29. The van der Waals surface area contributed by atoms with Crippen molar-refractivity contribution in [2.45, 2.75) is 93.4 Å². The van der Waals surface area contributed by atoms with Crippen LogP contribution in [0.1, 0.15) is 114 Å². The molecule has 0 bridgehead atoms. The van der Waals surface area contributed by atoms with Gasteiger partial charge in [0, 0.05) is 23.7 Å². The van der Waals surface area contributed by atoms with Crippen molar-refractivity contribution in [2.24, 2.45) is 11.3 Å². The molecule has 220 valence electrons. The normalized spacial score (nSPS) is 10.9. The molecule has 0 radical (unpaired) electrons. The summed E-state index contributed by atoms with van der Waals surface area (Å²) in [6.45, 7) is 17.1. The van der Waals surface area contributed by atoms with E-state index in [9.17, 15) is 9.59 Å². The van der Waals surface area contributed by atoms with E-state index in [0.717, 1.165) is 29.0 Å². The summed E-state index contributed by atoms with van der Waals surface area (Å²) in [6, 6.07) is 16.1. The smallest absolute Gasteiger partial charge is 0.229 e. The van der Waals surface area contributed by atoms with E-state index in [2.05, 4.69) is 61.8 Å². The standard InChI is InChI=1S/C26H32O.C8H15NO2.C2H6/c1-4-21(2)9-7-5-6-8-10-23-11-13-24(14-12-23)15-16-25-17-19-26(20-18-25)22(3)27;1-6(5-10)8(2,3)7(11)9-4;1-2/h11-14,17-21H,4-10H2,1-3H3;10H,1,5H2,2-4H3,(H,9,11);1-2H3. The summed E-state index contributed by atoms with van der Waals surface area (Å²) < 4.78 is 0. The van der Waals surface area contributed by atoms with E-state index in [1.165, 1.54) is 44.1 Å². The van der Waals surface area contributed by atoms with Gasteiger partial charge in [0.2, 0.25) is 5.91 Å². The number of aliphatic hydroxyl groups excluding tert-OH is 1. The lowest BCUT2D eigenvalue weighted by Crippen LogP contribution is -2.36. The van der Waals surface area contributed by atoms with Crippen LogP contribution in [0.5, 0.6) is 0 Å². The topological polar surface area (TPSA) is 66.4 Å². The first-order valence-electron chi connectivity index (χ1n) is 14.8. The SMILES string of the molecule is C=C(CO)C(C)(C)C(=O)NC.CC.CCC(C)CCCCCCc1ccc(C#Cc2ccc(C(C)=O)cc2)cc1. The Hall–Kier alpha value is -3.16. The van der Waals surface area contributed by atoms with Crippen LogP contribution in [0.2, 0.25) is 0 Å². The predicted molar refractivity (Wildman–Crippen MR) is 171 cm³/mol. The zero-order valence-electron chi connectivity index (χ0n) is 26.3. The number of hydrogen-bond acceptors (Lipinski definition) is 3. The Morgan fingerprint density at radius 2 is 1.43 bits per heavy atom. The fraction of sp³-hybridized carbons (Fsp3) is 0.500. The molecule has 0 aliphatic carbocycles. The molecule has 1 unspecified atom stereocenters. The van der Waals surface area contributed by atoms with Gasteiger partial charge in [0.05, 0.1) is 12.0 Å². The number of unbranched alkanes of at least 4 members (excludes halogenated alkanes) is 3. The second kappa shape index (κ2) is 20.7. The van der Waals surface area contributed by atoms with Crippen molar-refractivity contribution >= 4 is 11.7 Å². The third kappa shape index (κ3) is 14.3. The first kappa shape index (κ1) is 36.8. The Kier molecular flexibility index (Phi) is 19.1. The molecule has 0 aliphatic rings. The van der Waals surface area contributed by atoms with Crippen LogP contribution in [0.4, 0.5) is 0 Å². The number of carbonyl (C=O) groups is 2. The molecule has 40 heavy (non-hydrogen) atoms. The van der Waals surface area contributed by atoms with Crippen LogP contribution in [0.25, 0.3) is 0 Å². The average molecular weight is 548 g/mol. The molecule has 4 nitrogen and oxygen atoms in total. The maximum atomic E-state index is 11.3. The number of carbonyl (C=O) groups excluding carboxylic acids is 2. The second-order valence-electron chi connectivity index (χ2n) is 10.5. The Labute approximate surface area is 244 Å². The summed E-state index contributed by atoms with van der Waals surface area (Å²) >= 11 is 0. The van der Waals surface area contributed by atoms with E-state index in [4.69, 9.17) is 5.11 Å². The summed E-state index contributed by atoms with van der Waals surface area (Å²) in [5.74, 6) is 7.20. The molecule has 2 aromatic rings. The molecule has 0 fully saturated rings. The summed E-state index contributed by atoms with van der Waals surface area (Å²) in [5, 5.41) is 11.2. The van der Waals surface area contributed by atoms with Crippen LogP contribution < -0.4 is 5.32 Å². The molecule has 0 aliphatic heterocycles. The minimum absolute atomic E-state index is 0.0839. The summed E-state index contributed by atoms with van der Waals surface area (Å²) in [7, 11) is 1.56. The summed E-state index contributed by atoms with van der Waals surface area (Å²) in [6.07, 6.45) is 9.17. The molecular formula is C36H53NO3. The van der Waals surface area contributed by atoms with E-state index < -0.39 is 5.41 Å². The number of rotatable bonds is 12. The van der Waals surface area contributed by atoms with Gasteiger partial charge in [0.15, 0.2) is 5.78 Å². The number of hydrogen-bond donors (Lipinski definition) is 2. The van der Waals surface area contributed by atoms with Crippen LogP contribution >= 0.6 is 0 Å². The fourth-order valence-electron chi connectivity index (χ4n) is 3.74. The van der Waals surface area contributed by atoms with Crippen molar-refractivity contribution in [3.8, 4) is 11.8 Å². The van der Waals surface area contributed by atoms with Gasteiger partial charge in [0.1, 0.15) is 0 Å². The Bertz CT molecular complexity index is 1050. The minimum Gasteiger partial charge on any atom is -0.392 e. The lowest BCUT2D eigenvalue weighted by molar-refractivity contribution is -0.127. The molecule has 1 atom stereocenters. The van der Waals surface area contributed by atoms with Crippen LogP contribution in [-0.2, 0) is 11.2 Å². The summed E-state index contributed by atoms with van der Waals surface area (Å²) in [5.41, 5.74) is 3.93. The highest BCUT2D eigenvalue weighted by Crippen LogP contribution is 2.24. The molecule has 0 saturated heterocycles. The van der Waals surface area contributed by atoms with Crippen molar-refractivity contribution in [2.75, 3.05) is 13.7 Å². The second-order valence-corrected chi connectivity index (χ2v) is 10.5. The van der Waals surface area contributed by atoms with Crippen molar-refractivity contribution in [3.05, 3.63) is 82.9 Å². The van der Waals surface area contributed by atoms with Gasteiger partial charge >= 0.3 is 0 Å². The number of nitrogens with one attached hydrogen (secondary N) is 1. The van der Waals surface area contributed by atoms with Crippen LogP contribution in [-0.4, -0.2) is 30.5 Å². The first-order valence-corrected chi connectivity index (χ1v) is 14.8. The molecule has 1 amide bonds. The zero-order valence-corrected chi connectivity index (χ0v) is 26.3. The number of Topliss-reactive ketones (excluding diaryl/α,β-unsaturated/α-hetero) is 1. The minimum atomic E-state index is -0.677. The van der Waals surface area contributed by atoms with E-state index in [0.29, 0.717) is 5.57 Å². The Balaban J connectivity index is 0.000000985. The van der Waals surface area contributed by atoms with Gasteiger partial charge in [-0.1, -0.05) is 102 Å². The Morgan fingerprint density at radius 3 is 1.88 bits per heavy atom. The van der Waals surface area contributed by atoms with Gasteiger partial charge in [-0.3, -0.25) is 9.59 Å². The van der Waals surface area contributed by atoms with Gasteiger partial charge in [-0.05, 0) is 74.9 Å². The van der Waals surface area contributed by atoms with Crippen molar-refractivity contribution in [3.63, 3.8) is 0 Å². The lowest BCUT2D eigenvalue weighted by Gasteiger charge is -2.23. The first-order chi connectivity index (χ1) is 19.0. The number of benzene rings is 2. The Morgan fingerprint density at radius 1 is 0.925 bits per heavy atom. The number of ketones is 1. The van der Waals surface area contributed by atoms with Crippen molar-refractivity contribution in [1.82, 2.24) is 5.32 Å². The molecule has 0 saturated carbocycles. The highest BCUT2D eigenvalue weighted by molar-refractivity contribution is 5.94. The maximum absolute atomic E-state index is 11.3. The maximum Gasteiger partial charge on any atom is 0.229 e. The highest BCUT2D eigenvalue weighted by atomic mass is 16.3. The molecule has 2 aromatic carbocycles. The third-order valence-electron chi connectivity index (χ3n) is 7.08. The van der Waals surface area contributed by atoms with E-state index >= 15 is 0 Å². The lowest BCUT2D eigenvalue weighted by atomic mass is 9.84. The summed E-state index contributed by atoms with van der Waals surface area (Å²) in [4.78, 5) is 22.4. The number of amides is 1. The molecule has 2 rings (SSSR count). The van der Waals surface area contributed by atoms with Crippen LogP contribution in [0.15, 0.2) is 60.7 Å². The molecule has 4 heteroatoms. The van der Waals surface area contributed by atoms with Crippen molar-refractivity contribution in [1.29, 1.82) is 0 Å². The number of aliphatic hydroxyl groups is 1. The third-order valence-corrected chi connectivity index (χ3v) is 7.08. The van der Waals surface area contributed by atoms with Gasteiger partial charge < -0.3 is 10.4 Å². The van der Waals surface area contributed by atoms with Gasteiger partial charge in [-0.15, -0.1) is 0 Å². The largest absolute Gasteiger partial charge is 0.392 e. The molecular weight excluding hydrogens is 494 g/mol. The predicted octanol–water partition coefficient (Wildman–Crippen LogP) is 8.16. The quantitative estimate of drug-likeness (QED) is 0.122. The van der Waals surface area contributed by atoms with Crippen LogP contribution in [0, 0.1) is 23.2 Å². The van der Waals surface area contributed by atoms with E-state index in [1.807, 2.05) is 38.1 Å². The van der Waals surface area contributed by atoms with Crippen LogP contribution in [0.3, 0.4) is 0 Å². The molecule has 0 spiro atoms. The fourth-order valence-corrected chi connectivity index (χ4v) is 3.74. The molecule has 2 N–H and O–H groups in total. The average Bonchev–Trinajstić information content (AvgIpc) is 2.98.